The number of carbonyl (C=O) groups is 1. The molecule has 0 spiro atoms. The average molecular weight is 361 g/mol. The topological polar surface area (TPSA) is 105 Å². The van der Waals surface area contributed by atoms with Crippen molar-refractivity contribution in [1.29, 1.82) is 0 Å². The third-order valence-electron chi connectivity index (χ3n) is 3.10. The zero-order valence-corrected chi connectivity index (χ0v) is 14.9. The quantitative estimate of drug-likeness (QED) is 0.805. The highest BCUT2D eigenvalue weighted by Gasteiger charge is 2.30. The van der Waals surface area contributed by atoms with Crippen LogP contribution in [-0.2, 0) is 14.8 Å². The molecule has 1 amide bonds. The highest BCUT2D eigenvalue weighted by molar-refractivity contribution is 7.90. The number of nitrogens with zero attached hydrogens (tertiary/aromatic N) is 2. The summed E-state index contributed by atoms with van der Waals surface area (Å²) >= 11 is 0. The number of benzene rings is 1. The van der Waals surface area contributed by atoms with E-state index in [-0.39, 0.29) is 35.6 Å². The van der Waals surface area contributed by atoms with Crippen molar-refractivity contribution in [2.75, 3.05) is 20.1 Å². The Bertz CT molecular complexity index is 726. The molecule has 1 aromatic rings. The molecule has 0 unspecified atom stereocenters. The molecular formula is C14H21ClN4O3S. The maximum Gasteiger partial charge on any atom is 0.285 e. The van der Waals surface area contributed by atoms with Gasteiger partial charge in [-0.15, -0.1) is 16.8 Å². The van der Waals surface area contributed by atoms with Gasteiger partial charge in [-0.2, -0.15) is 8.42 Å². The van der Waals surface area contributed by atoms with Crippen LogP contribution in [0.2, 0.25) is 0 Å². The minimum absolute atomic E-state index is 0. The molecule has 7 nitrogen and oxygen atoms in total. The number of nitrogens with one attached hydrogen (secondary N) is 1. The van der Waals surface area contributed by atoms with Crippen LogP contribution in [0.25, 0.3) is 0 Å². The Morgan fingerprint density at radius 2 is 1.96 bits per heavy atom. The van der Waals surface area contributed by atoms with E-state index in [1.807, 2.05) is 0 Å². The molecule has 23 heavy (non-hydrogen) atoms. The summed E-state index contributed by atoms with van der Waals surface area (Å²) in [5, 5.41) is 2.71. The molecule has 9 heteroatoms. The van der Waals surface area contributed by atoms with E-state index in [0.29, 0.717) is 12.1 Å². The van der Waals surface area contributed by atoms with Crippen molar-refractivity contribution in [3.05, 3.63) is 29.8 Å². The van der Waals surface area contributed by atoms with Gasteiger partial charge in [0.1, 0.15) is 4.90 Å². The van der Waals surface area contributed by atoms with Gasteiger partial charge in [0, 0.05) is 24.7 Å². The summed E-state index contributed by atoms with van der Waals surface area (Å²) in [5.41, 5.74) is 5.81. The van der Waals surface area contributed by atoms with E-state index < -0.39 is 15.6 Å². The van der Waals surface area contributed by atoms with E-state index in [9.17, 15) is 13.2 Å². The van der Waals surface area contributed by atoms with Crippen LogP contribution in [-0.4, -0.2) is 50.7 Å². The molecule has 0 aromatic heterocycles. The van der Waals surface area contributed by atoms with Crippen molar-refractivity contribution in [3.63, 3.8) is 0 Å². The SMILES string of the molecule is CN(CC(=O)NCC(C)(C)N)C1=NS(=O)(=O)c2ccccc21.Cl. The van der Waals surface area contributed by atoms with Gasteiger partial charge in [-0.25, -0.2) is 0 Å². The summed E-state index contributed by atoms with van der Waals surface area (Å²) < 4.78 is 27.7. The van der Waals surface area contributed by atoms with Crippen LogP contribution in [0.3, 0.4) is 0 Å². The van der Waals surface area contributed by atoms with Crippen molar-refractivity contribution in [2.24, 2.45) is 10.1 Å². The molecule has 1 aromatic carbocycles. The molecular weight excluding hydrogens is 340 g/mol. The molecule has 0 aliphatic carbocycles. The standard InChI is InChI=1S/C14H20N4O3S.ClH/c1-14(2,15)9-16-12(19)8-18(3)13-10-6-4-5-7-11(10)22(20,21)17-13;/h4-7H,8-9,15H2,1-3H3,(H,16,19);1H. The summed E-state index contributed by atoms with van der Waals surface area (Å²) in [6, 6.07) is 6.56. The van der Waals surface area contributed by atoms with E-state index in [4.69, 9.17) is 5.73 Å². The van der Waals surface area contributed by atoms with Crippen molar-refractivity contribution in [1.82, 2.24) is 10.2 Å². The number of sulfonamides is 1. The smallest absolute Gasteiger partial charge is 0.285 e. The number of carbonyl (C=O) groups excluding carboxylic acids is 1. The summed E-state index contributed by atoms with van der Waals surface area (Å²) in [4.78, 5) is 13.6. The molecule has 0 saturated carbocycles. The van der Waals surface area contributed by atoms with Crippen LogP contribution >= 0.6 is 12.4 Å². The van der Waals surface area contributed by atoms with Gasteiger partial charge in [-0.3, -0.25) is 4.79 Å². The van der Waals surface area contributed by atoms with Gasteiger partial charge in [0.25, 0.3) is 10.0 Å². The molecule has 3 N–H and O–H groups in total. The van der Waals surface area contributed by atoms with E-state index in [2.05, 4.69) is 9.71 Å². The highest BCUT2D eigenvalue weighted by Crippen LogP contribution is 2.26. The fraction of sp³-hybridized carbons (Fsp3) is 0.429. The fourth-order valence-electron chi connectivity index (χ4n) is 2.04. The first-order chi connectivity index (χ1) is 10.1. The zero-order valence-electron chi connectivity index (χ0n) is 13.2. The monoisotopic (exact) mass is 360 g/mol. The molecule has 1 aliphatic heterocycles. The Kier molecular flexibility index (Phi) is 5.79. The third kappa shape index (κ3) is 4.66. The first-order valence-corrected chi connectivity index (χ1v) is 8.25. The Balaban J connectivity index is 0.00000264. The van der Waals surface area contributed by atoms with Gasteiger partial charge in [-0.1, -0.05) is 12.1 Å². The number of hydrogen-bond donors (Lipinski definition) is 2. The highest BCUT2D eigenvalue weighted by atomic mass is 35.5. The van der Waals surface area contributed by atoms with Gasteiger partial charge in [0.2, 0.25) is 5.91 Å². The van der Waals surface area contributed by atoms with Crippen LogP contribution in [0.15, 0.2) is 33.6 Å². The van der Waals surface area contributed by atoms with Crippen LogP contribution in [0.4, 0.5) is 0 Å². The zero-order chi connectivity index (χ0) is 16.5. The minimum atomic E-state index is -3.68. The Morgan fingerprint density at radius 1 is 1.35 bits per heavy atom. The van der Waals surface area contributed by atoms with Gasteiger partial charge >= 0.3 is 0 Å². The second-order valence-corrected chi connectivity index (χ2v) is 7.58. The van der Waals surface area contributed by atoms with E-state index in [1.54, 1.807) is 39.1 Å². The largest absolute Gasteiger partial charge is 0.353 e. The maximum absolute atomic E-state index is 12.0. The van der Waals surface area contributed by atoms with E-state index >= 15 is 0 Å². The lowest BCUT2D eigenvalue weighted by molar-refractivity contribution is -0.121. The maximum atomic E-state index is 12.0. The number of likely N-dealkylation sites (N-methyl/N-ethyl adjacent to an activating group) is 1. The summed E-state index contributed by atoms with van der Waals surface area (Å²) in [5.74, 6) is 0.0308. The summed E-state index contributed by atoms with van der Waals surface area (Å²) in [6.45, 7) is 3.95. The molecule has 0 atom stereocenters. The van der Waals surface area contributed by atoms with Gasteiger partial charge < -0.3 is 16.0 Å². The number of rotatable bonds is 4. The van der Waals surface area contributed by atoms with Crippen molar-refractivity contribution in [3.8, 4) is 0 Å². The summed E-state index contributed by atoms with van der Waals surface area (Å²) in [7, 11) is -2.05. The first-order valence-electron chi connectivity index (χ1n) is 6.81. The Hall–Kier alpha value is -1.64. The summed E-state index contributed by atoms with van der Waals surface area (Å²) in [6.07, 6.45) is 0. The number of hydrogen-bond acceptors (Lipinski definition) is 5. The minimum Gasteiger partial charge on any atom is -0.353 e. The molecule has 2 rings (SSSR count). The molecule has 0 saturated heterocycles. The number of amides is 1. The lowest BCUT2D eigenvalue weighted by Crippen LogP contribution is -2.47. The van der Waals surface area contributed by atoms with Crippen molar-refractivity contribution < 1.29 is 13.2 Å². The second-order valence-electron chi connectivity index (χ2n) is 6.01. The van der Waals surface area contributed by atoms with Crippen molar-refractivity contribution in [2.45, 2.75) is 24.3 Å². The number of halogens is 1. The number of nitrogens with two attached hydrogens (primary N) is 1. The number of amidine groups is 1. The van der Waals surface area contributed by atoms with Crippen molar-refractivity contribution >= 4 is 34.2 Å². The Morgan fingerprint density at radius 3 is 2.57 bits per heavy atom. The second kappa shape index (κ2) is 6.86. The van der Waals surface area contributed by atoms with Gasteiger partial charge in [0.15, 0.2) is 5.84 Å². The average Bonchev–Trinajstić information content (AvgIpc) is 2.69. The molecule has 1 heterocycles. The predicted molar refractivity (Wildman–Crippen MR) is 91.3 cm³/mol. The molecule has 0 bridgehead atoms. The predicted octanol–water partition coefficient (Wildman–Crippen LogP) is 0.343. The van der Waals surface area contributed by atoms with Crippen LogP contribution < -0.4 is 11.1 Å². The Labute approximate surface area is 142 Å². The normalized spacial score (nSPS) is 15.2. The van der Waals surface area contributed by atoms with Gasteiger partial charge in [0.05, 0.1) is 6.54 Å². The molecule has 0 fully saturated rings. The molecule has 0 radical (unpaired) electrons. The molecule has 128 valence electrons. The number of fused-ring (bicyclic) bond motifs is 1. The van der Waals surface area contributed by atoms with Gasteiger partial charge in [-0.05, 0) is 26.0 Å². The van der Waals surface area contributed by atoms with E-state index in [1.165, 1.54) is 11.0 Å². The van der Waals surface area contributed by atoms with Crippen LogP contribution in [0.5, 0.6) is 0 Å². The van der Waals surface area contributed by atoms with Crippen LogP contribution in [0, 0.1) is 0 Å². The van der Waals surface area contributed by atoms with Crippen LogP contribution in [0.1, 0.15) is 19.4 Å². The fourth-order valence-corrected chi connectivity index (χ4v) is 3.29. The lowest BCUT2D eigenvalue weighted by Gasteiger charge is -2.22. The third-order valence-corrected chi connectivity index (χ3v) is 4.42. The molecule has 1 aliphatic rings. The van der Waals surface area contributed by atoms with E-state index in [0.717, 1.165) is 0 Å². The first kappa shape index (κ1) is 19.4. The lowest BCUT2D eigenvalue weighted by atomic mass is 10.1.